The van der Waals surface area contributed by atoms with Crippen LogP contribution in [0.4, 0.5) is 11.4 Å². The fourth-order valence-corrected chi connectivity index (χ4v) is 3.93. The van der Waals surface area contributed by atoms with Gasteiger partial charge in [0, 0.05) is 34.4 Å². The van der Waals surface area contributed by atoms with Gasteiger partial charge >= 0.3 is 0 Å². The third-order valence-corrected chi connectivity index (χ3v) is 5.38. The van der Waals surface area contributed by atoms with Crippen molar-refractivity contribution in [3.8, 4) is 11.1 Å². The molecule has 0 unspecified atom stereocenters. The zero-order valence-corrected chi connectivity index (χ0v) is 18.5. The van der Waals surface area contributed by atoms with E-state index in [4.69, 9.17) is 16.6 Å². The Morgan fingerprint density at radius 1 is 0.906 bits per heavy atom. The Morgan fingerprint density at radius 2 is 1.56 bits per heavy atom. The highest BCUT2D eigenvalue weighted by Gasteiger charge is 2.18. The largest absolute Gasteiger partial charge is 0.326 e. The smallest absolute Gasteiger partial charge is 0.228 e. The van der Waals surface area contributed by atoms with E-state index in [1.54, 1.807) is 24.3 Å². The summed E-state index contributed by atoms with van der Waals surface area (Å²) in [6.07, 6.45) is 0.166. The topological polar surface area (TPSA) is 71.1 Å². The summed E-state index contributed by atoms with van der Waals surface area (Å²) in [7, 11) is 0. The number of benzene rings is 3. The molecule has 5 nitrogen and oxygen atoms in total. The number of fused-ring (bicyclic) bond motifs is 1. The molecule has 0 fully saturated rings. The summed E-state index contributed by atoms with van der Waals surface area (Å²) in [5.74, 6) is -0.296. The van der Waals surface area contributed by atoms with Crippen molar-refractivity contribution >= 4 is 45.7 Å². The van der Waals surface area contributed by atoms with Crippen LogP contribution in [0.3, 0.4) is 0 Å². The highest BCUT2D eigenvalue weighted by molar-refractivity contribution is 6.31. The number of carbonyl (C=O) groups excluding carboxylic acids is 2. The maximum Gasteiger partial charge on any atom is 0.228 e. The number of nitrogens with zero attached hydrogens (tertiary/aromatic N) is 1. The monoisotopic (exact) mass is 443 g/mol. The van der Waals surface area contributed by atoms with Crippen LogP contribution in [0.5, 0.6) is 0 Å². The minimum absolute atomic E-state index is 0.144. The first-order valence-corrected chi connectivity index (χ1v) is 10.6. The molecule has 2 N–H and O–H groups in total. The second-order valence-electron chi connectivity index (χ2n) is 7.56. The Bertz CT molecular complexity index is 1300. The van der Waals surface area contributed by atoms with E-state index in [2.05, 4.69) is 10.6 Å². The Labute approximate surface area is 191 Å². The van der Waals surface area contributed by atoms with Gasteiger partial charge in [0.05, 0.1) is 11.9 Å². The van der Waals surface area contributed by atoms with Crippen LogP contribution in [0.15, 0.2) is 72.8 Å². The standard InChI is InChI=1S/C26H22ClN3O2/c1-16-22(15-25(32)30-21-11-9-20(10-12-21)29-17(2)31)26(18-6-4-3-5-7-18)23-14-19(27)8-13-24(23)28-16/h3-14H,15H2,1-2H3,(H,29,31)(H,30,32). The zero-order valence-electron chi connectivity index (χ0n) is 17.8. The number of aryl methyl sites for hydroxylation is 1. The van der Waals surface area contributed by atoms with Crippen LogP contribution < -0.4 is 10.6 Å². The van der Waals surface area contributed by atoms with Gasteiger partial charge in [0.15, 0.2) is 0 Å². The number of hydrogen-bond donors (Lipinski definition) is 2. The molecular formula is C26H22ClN3O2. The summed E-state index contributed by atoms with van der Waals surface area (Å²) >= 11 is 6.29. The van der Waals surface area contributed by atoms with E-state index in [0.29, 0.717) is 16.4 Å². The third-order valence-electron chi connectivity index (χ3n) is 5.14. The van der Waals surface area contributed by atoms with E-state index in [9.17, 15) is 9.59 Å². The minimum Gasteiger partial charge on any atom is -0.326 e. The molecule has 0 aliphatic heterocycles. The Morgan fingerprint density at radius 3 is 2.22 bits per heavy atom. The molecule has 0 aliphatic rings. The molecule has 2 amide bonds. The third kappa shape index (κ3) is 4.79. The molecule has 0 spiro atoms. The van der Waals surface area contributed by atoms with Crippen molar-refractivity contribution < 1.29 is 9.59 Å². The van der Waals surface area contributed by atoms with Crippen LogP contribution in [0.1, 0.15) is 18.2 Å². The predicted molar refractivity (Wildman–Crippen MR) is 130 cm³/mol. The number of anilines is 2. The van der Waals surface area contributed by atoms with Gasteiger partial charge in [-0.05, 0) is 66.1 Å². The van der Waals surface area contributed by atoms with Crippen molar-refractivity contribution in [3.05, 3.63) is 89.1 Å². The Balaban J connectivity index is 1.68. The lowest BCUT2D eigenvalue weighted by atomic mass is 9.92. The van der Waals surface area contributed by atoms with Gasteiger partial charge in [0.2, 0.25) is 11.8 Å². The second-order valence-corrected chi connectivity index (χ2v) is 8.00. The first-order valence-electron chi connectivity index (χ1n) is 10.2. The summed E-state index contributed by atoms with van der Waals surface area (Å²) in [5, 5.41) is 7.17. The van der Waals surface area contributed by atoms with Crippen molar-refractivity contribution in [3.63, 3.8) is 0 Å². The SMILES string of the molecule is CC(=O)Nc1ccc(NC(=O)Cc2c(C)nc3ccc(Cl)cc3c2-c2ccccc2)cc1. The fraction of sp³-hybridized carbons (Fsp3) is 0.115. The molecule has 3 aromatic carbocycles. The van der Waals surface area contributed by atoms with Crippen LogP contribution in [-0.2, 0) is 16.0 Å². The van der Waals surface area contributed by atoms with Crippen molar-refractivity contribution in [1.29, 1.82) is 0 Å². The van der Waals surface area contributed by atoms with Crippen molar-refractivity contribution in [2.75, 3.05) is 10.6 Å². The van der Waals surface area contributed by atoms with Gasteiger partial charge in [-0.2, -0.15) is 0 Å². The molecule has 0 atom stereocenters. The van der Waals surface area contributed by atoms with Gasteiger partial charge in [-0.1, -0.05) is 41.9 Å². The summed E-state index contributed by atoms with van der Waals surface area (Å²) < 4.78 is 0. The van der Waals surface area contributed by atoms with Crippen LogP contribution in [0.2, 0.25) is 5.02 Å². The first kappa shape index (κ1) is 21.5. The molecule has 32 heavy (non-hydrogen) atoms. The number of amides is 2. The average molecular weight is 444 g/mol. The van der Waals surface area contributed by atoms with Crippen LogP contribution in [0.25, 0.3) is 22.0 Å². The number of hydrogen-bond acceptors (Lipinski definition) is 3. The first-order chi connectivity index (χ1) is 15.4. The zero-order chi connectivity index (χ0) is 22.7. The molecule has 0 radical (unpaired) electrons. The normalized spacial score (nSPS) is 10.7. The van der Waals surface area contributed by atoms with Gasteiger partial charge in [0.1, 0.15) is 0 Å². The summed E-state index contributed by atoms with van der Waals surface area (Å²) in [5.41, 5.74) is 5.80. The molecule has 4 rings (SSSR count). The van der Waals surface area contributed by atoms with E-state index in [0.717, 1.165) is 33.3 Å². The fourth-order valence-electron chi connectivity index (χ4n) is 3.75. The molecular weight excluding hydrogens is 422 g/mol. The van der Waals surface area contributed by atoms with E-state index in [-0.39, 0.29) is 18.2 Å². The van der Waals surface area contributed by atoms with Gasteiger partial charge in [-0.3, -0.25) is 14.6 Å². The molecule has 0 saturated carbocycles. The Kier molecular flexibility index (Phi) is 6.19. The van der Waals surface area contributed by atoms with Gasteiger partial charge in [0.25, 0.3) is 0 Å². The maximum absolute atomic E-state index is 12.9. The molecule has 0 aliphatic carbocycles. The molecule has 4 aromatic rings. The Hall–Kier alpha value is -3.70. The number of carbonyl (C=O) groups is 2. The highest BCUT2D eigenvalue weighted by atomic mass is 35.5. The van der Waals surface area contributed by atoms with Gasteiger partial charge < -0.3 is 10.6 Å². The van der Waals surface area contributed by atoms with E-state index in [1.807, 2.05) is 55.5 Å². The highest BCUT2D eigenvalue weighted by Crippen LogP contribution is 2.34. The second kappa shape index (κ2) is 9.20. The minimum atomic E-state index is -0.152. The average Bonchev–Trinajstić information content (AvgIpc) is 2.76. The molecule has 0 bridgehead atoms. The summed E-state index contributed by atoms with van der Waals surface area (Å²) in [4.78, 5) is 28.9. The van der Waals surface area contributed by atoms with Crippen molar-refractivity contribution in [2.45, 2.75) is 20.3 Å². The molecule has 6 heteroatoms. The van der Waals surface area contributed by atoms with Crippen molar-refractivity contribution in [2.24, 2.45) is 0 Å². The number of halogens is 1. The quantitative estimate of drug-likeness (QED) is 0.397. The van der Waals surface area contributed by atoms with E-state index in [1.165, 1.54) is 6.92 Å². The lowest BCUT2D eigenvalue weighted by Crippen LogP contribution is -2.16. The molecule has 1 aromatic heterocycles. The molecule has 0 saturated heterocycles. The molecule has 1 heterocycles. The lowest BCUT2D eigenvalue weighted by Gasteiger charge is -2.16. The van der Waals surface area contributed by atoms with Crippen molar-refractivity contribution in [1.82, 2.24) is 4.98 Å². The van der Waals surface area contributed by atoms with E-state index >= 15 is 0 Å². The number of aromatic nitrogens is 1. The van der Waals surface area contributed by atoms with Gasteiger partial charge in [-0.15, -0.1) is 0 Å². The van der Waals surface area contributed by atoms with Crippen LogP contribution in [0, 0.1) is 6.92 Å². The van der Waals surface area contributed by atoms with E-state index < -0.39 is 0 Å². The van der Waals surface area contributed by atoms with Crippen LogP contribution >= 0.6 is 11.6 Å². The lowest BCUT2D eigenvalue weighted by molar-refractivity contribution is -0.116. The van der Waals surface area contributed by atoms with Gasteiger partial charge in [-0.25, -0.2) is 0 Å². The van der Waals surface area contributed by atoms with Crippen LogP contribution in [-0.4, -0.2) is 16.8 Å². The number of pyridine rings is 1. The predicted octanol–water partition coefficient (Wildman–Crippen LogP) is 6.00. The summed E-state index contributed by atoms with van der Waals surface area (Å²) in [6.45, 7) is 3.37. The molecule has 160 valence electrons. The summed E-state index contributed by atoms with van der Waals surface area (Å²) in [6, 6.07) is 22.6. The number of nitrogens with one attached hydrogen (secondary N) is 2. The maximum atomic E-state index is 12.9. The number of rotatable bonds is 5.